The maximum absolute atomic E-state index is 14.4. The number of rotatable bonds is 10. The lowest BCUT2D eigenvalue weighted by atomic mass is 9.80. The van der Waals surface area contributed by atoms with Gasteiger partial charge in [0.2, 0.25) is 15.9 Å². The number of sulfonamides is 1. The van der Waals surface area contributed by atoms with Crippen LogP contribution < -0.4 is 0 Å². The van der Waals surface area contributed by atoms with Crippen molar-refractivity contribution in [1.82, 2.24) is 9.21 Å². The van der Waals surface area contributed by atoms with Gasteiger partial charge in [0.05, 0.1) is 11.5 Å². The first kappa shape index (κ1) is 32.4. The van der Waals surface area contributed by atoms with Crippen LogP contribution in [0.2, 0.25) is 0 Å². The lowest BCUT2D eigenvalue weighted by Gasteiger charge is -2.37. The van der Waals surface area contributed by atoms with E-state index in [2.05, 4.69) is 4.18 Å². The average molecular weight is 659 g/mol. The van der Waals surface area contributed by atoms with Crippen molar-refractivity contribution in [1.29, 1.82) is 0 Å². The molecule has 2 fully saturated rings. The molecule has 5 rings (SSSR count). The summed E-state index contributed by atoms with van der Waals surface area (Å²) in [4.78, 5) is 15.7. The molecule has 0 aromatic heterocycles. The number of alkyl halides is 3. The summed E-state index contributed by atoms with van der Waals surface area (Å²) in [5, 5.41) is 0. The molecule has 1 unspecified atom stereocenters. The van der Waals surface area contributed by atoms with Crippen LogP contribution in [0.5, 0.6) is 0 Å². The van der Waals surface area contributed by atoms with E-state index < -0.39 is 68.2 Å². The van der Waals surface area contributed by atoms with Crippen LogP contribution in [0.4, 0.5) is 13.2 Å². The number of nitrogens with zero attached hydrogens (tertiary/aromatic N) is 2. The van der Waals surface area contributed by atoms with Gasteiger partial charge >= 0.3 is 15.6 Å². The molecule has 2 aromatic carbocycles. The fourth-order valence-electron chi connectivity index (χ4n) is 5.82. The minimum atomic E-state index is -6.16. The maximum Gasteiger partial charge on any atom is 0.534 e. The van der Waals surface area contributed by atoms with Crippen molar-refractivity contribution in [2.75, 3.05) is 26.3 Å². The Hall–Kier alpha value is -2.98. The van der Waals surface area contributed by atoms with Crippen molar-refractivity contribution < 1.29 is 48.5 Å². The van der Waals surface area contributed by atoms with Crippen molar-refractivity contribution in [2.24, 2.45) is 5.41 Å². The Morgan fingerprint density at radius 1 is 0.977 bits per heavy atom. The molecule has 2 aromatic rings. The standard InChI is InChI=1S/C29H33F3N2O8S2/c30-29(31,32)44(38,39)42-25-14-16-33(43(36,37)24-11-5-2-6-12-24)21-28(25)19-23(15-18-41-26-13-7-8-17-40-26)34(27(28)35)20-22-9-3-1-4-10-22/h1-6,9-12,14,23,26H,7-8,13,15-21H2/t23-,26?,28-/m1/s1. The van der Waals surface area contributed by atoms with E-state index in [4.69, 9.17) is 9.47 Å². The predicted molar refractivity (Wildman–Crippen MR) is 151 cm³/mol. The lowest BCUT2D eigenvalue weighted by Crippen LogP contribution is -2.50. The second-order valence-corrected chi connectivity index (χ2v) is 14.5. The molecule has 0 saturated carbocycles. The van der Waals surface area contributed by atoms with Crippen molar-refractivity contribution in [2.45, 2.75) is 61.4 Å². The zero-order valence-electron chi connectivity index (χ0n) is 23.7. The molecule has 44 heavy (non-hydrogen) atoms. The van der Waals surface area contributed by atoms with Gasteiger partial charge in [-0.3, -0.25) is 4.79 Å². The number of carbonyl (C=O) groups is 1. The number of carbonyl (C=O) groups excluding carboxylic acids is 1. The van der Waals surface area contributed by atoms with Gasteiger partial charge in [-0.05, 0) is 55.9 Å². The molecule has 3 aliphatic rings. The molecule has 240 valence electrons. The highest BCUT2D eigenvalue weighted by Crippen LogP contribution is 2.49. The van der Waals surface area contributed by atoms with Crippen LogP contribution in [0.1, 0.15) is 37.7 Å². The molecule has 1 amide bonds. The Balaban J connectivity index is 1.51. The molecule has 3 heterocycles. The molecule has 2 saturated heterocycles. The Morgan fingerprint density at radius 2 is 1.66 bits per heavy atom. The number of hydrogen-bond donors (Lipinski definition) is 0. The molecule has 0 bridgehead atoms. The fraction of sp³-hybridized carbons (Fsp3) is 0.483. The zero-order chi connectivity index (χ0) is 31.6. The van der Waals surface area contributed by atoms with Crippen molar-refractivity contribution in [3.63, 3.8) is 0 Å². The molecule has 0 radical (unpaired) electrons. The zero-order valence-corrected chi connectivity index (χ0v) is 25.3. The van der Waals surface area contributed by atoms with Crippen LogP contribution in [0, 0.1) is 5.41 Å². The van der Waals surface area contributed by atoms with Gasteiger partial charge in [-0.2, -0.15) is 25.9 Å². The summed E-state index contributed by atoms with van der Waals surface area (Å²) < 4.78 is 109. The molecule has 10 nitrogen and oxygen atoms in total. The highest BCUT2D eigenvalue weighted by molar-refractivity contribution is 7.89. The molecule has 1 spiro atoms. The van der Waals surface area contributed by atoms with Crippen LogP contribution in [0.15, 0.2) is 77.4 Å². The lowest BCUT2D eigenvalue weighted by molar-refractivity contribution is -0.164. The summed E-state index contributed by atoms with van der Waals surface area (Å²) in [6, 6.07) is 15.6. The largest absolute Gasteiger partial charge is 0.534 e. The normalized spacial score (nSPS) is 25.3. The van der Waals surface area contributed by atoms with E-state index in [-0.39, 0.29) is 30.9 Å². The third-order valence-electron chi connectivity index (χ3n) is 8.05. The molecule has 3 atom stereocenters. The van der Waals surface area contributed by atoms with E-state index >= 15 is 0 Å². The Bertz CT molecular complexity index is 1560. The number of benzene rings is 2. The third-order valence-corrected chi connectivity index (χ3v) is 10.8. The first-order valence-corrected chi connectivity index (χ1v) is 17.0. The topological polar surface area (TPSA) is 120 Å². The summed E-state index contributed by atoms with van der Waals surface area (Å²) in [6.07, 6.45) is 3.11. The Labute approximate surface area is 254 Å². The predicted octanol–water partition coefficient (Wildman–Crippen LogP) is 4.16. The molecular formula is C29H33F3N2O8S2. The van der Waals surface area contributed by atoms with E-state index in [0.717, 1.165) is 28.8 Å². The number of likely N-dealkylation sites (tertiary alicyclic amines) is 1. The SMILES string of the molecule is O=C1N(Cc2ccccc2)[C@H](CCOC2CCCCO2)C[C@]12CN(S(=O)(=O)c1ccccc1)CC=C2OS(=O)(=O)C(F)(F)F. The van der Waals surface area contributed by atoms with Gasteiger partial charge in [0.25, 0.3) is 0 Å². The fourth-order valence-corrected chi connectivity index (χ4v) is 7.84. The van der Waals surface area contributed by atoms with E-state index in [1.807, 2.05) is 0 Å². The van der Waals surface area contributed by atoms with E-state index in [1.165, 1.54) is 29.2 Å². The molecule has 0 N–H and O–H groups in total. The smallest absolute Gasteiger partial charge is 0.380 e. The van der Waals surface area contributed by atoms with Crippen LogP contribution in [-0.2, 0) is 45.1 Å². The van der Waals surface area contributed by atoms with Gasteiger partial charge in [-0.25, -0.2) is 8.42 Å². The number of ether oxygens (including phenoxy) is 2. The van der Waals surface area contributed by atoms with Gasteiger partial charge in [0.15, 0.2) is 6.29 Å². The van der Waals surface area contributed by atoms with Gasteiger partial charge in [-0.15, -0.1) is 0 Å². The van der Waals surface area contributed by atoms with E-state index in [9.17, 15) is 34.8 Å². The quantitative estimate of drug-likeness (QED) is 0.276. The minimum Gasteiger partial charge on any atom is -0.380 e. The van der Waals surface area contributed by atoms with Crippen LogP contribution in [-0.4, -0.2) is 76.1 Å². The maximum atomic E-state index is 14.4. The summed E-state index contributed by atoms with van der Waals surface area (Å²) in [6.45, 7) is -0.356. The van der Waals surface area contributed by atoms with Crippen LogP contribution in [0.25, 0.3) is 0 Å². The highest BCUT2D eigenvalue weighted by Gasteiger charge is 2.60. The molecule has 15 heteroatoms. The average Bonchev–Trinajstić information content (AvgIpc) is 3.25. The second kappa shape index (κ2) is 12.8. The molecule has 3 aliphatic heterocycles. The number of amides is 1. The van der Waals surface area contributed by atoms with Gasteiger partial charge in [0.1, 0.15) is 11.2 Å². The monoisotopic (exact) mass is 658 g/mol. The summed E-state index contributed by atoms with van der Waals surface area (Å²) in [7, 11) is -10.4. The van der Waals surface area contributed by atoms with Gasteiger partial charge < -0.3 is 18.6 Å². The summed E-state index contributed by atoms with van der Waals surface area (Å²) in [5.74, 6) is -1.48. The summed E-state index contributed by atoms with van der Waals surface area (Å²) >= 11 is 0. The Kier molecular flexibility index (Phi) is 9.42. The highest BCUT2D eigenvalue weighted by atomic mass is 32.2. The van der Waals surface area contributed by atoms with Crippen LogP contribution in [0.3, 0.4) is 0 Å². The van der Waals surface area contributed by atoms with Crippen molar-refractivity contribution in [3.05, 3.63) is 78.1 Å². The van der Waals surface area contributed by atoms with Crippen molar-refractivity contribution >= 4 is 26.0 Å². The third kappa shape index (κ3) is 6.66. The minimum absolute atomic E-state index is 0.0523. The number of halogens is 3. The van der Waals surface area contributed by atoms with Crippen LogP contribution >= 0.6 is 0 Å². The second-order valence-electron chi connectivity index (χ2n) is 11.0. The molecular weight excluding hydrogens is 625 g/mol. The molecule has 0 aliphatic carbocycles. The Morgan fingerprint density at radius 3 is 2.30 bits per heavy atom. The first-order chi connectivity index (χ1) is 20.8. The van der Waals surface area contributed by atoms with E-state index in [0.29, 0.717) is 13.0 Å². The summed E-state index contributed by atoms with van der Waals surface area (Å²) in [5.41, 5.74) is -7.08. The first-order valence-electron chi connectivity index (χ1n) is 14.2. The van der Waals surface area contributed by atoms with Crippen molar-refractivity contribution in [3.8, 4) is 0 Å². The van der Waals surface area contributed by atoms with Gasteiger partial charge in [-0.1, -0.05) is 48.5 Å². The van der Waals surface area contributed by atoms with Gasteiger partial charge in [0, 0.05) is 32.3 Å². The number of hydrogen-bond acceptors (Lipinski definition) is 8. The van der Waals surface area contributed by atoms with E-state index in [1.54, 1.807) is 36.4 Å².